The van der Waals surface area contributed by atoms with Crippen molar-refractivity contribution in [1.29, 1.82) is 0 Å². The molecule has 16 rings (SSSR count). The second-order valence-electron chi connectivity index (χ2n) is 46.7. The van der Waals surface area contributed by atoms with Gasteiger partial charge in [-0.25, -0.2) is 0 Å². The Bertz CT molecular complexity index is 6500. The first-order valence-corrected chi connectivity index (χ1v) is 73.2. The minimum Gasteiger partial charge on any atom is -0.405 e. The van der Waals surface area contributed by atoms with Crippen molar-refractivity contribution in [3.8, 4) is 81.1 Å². The standard InChI is InChI=1S/C36H48B2O4Si2.2C24H24Br2Si2.C14H8Br2O2.C12H24B2O4.C3H4/c1-33(2)34(3,4)40-37(39-33)25-15-17-27-30(20-22-44(12,13)14)32-24-26(38-41-35(5,6)36(7,8)42-38)16-18-28(32)29(31(27)23-25)19-21-43(9,10)11;2*1-27(2,3)13-11-21-19-9-7-18(26)16-24(19)22(12-14-28(4,5)6)20-10-8-17(25)15-23(20)21;15-7-1-3-9-11(5-7)14(18)10-4-2-8(16)6-12(10)13(9)17;1-9(2)10(3,4)16-13(15-9)14-17-11(5,6)12(7,8)18-14;1-3-2/h15-18,23-24H,1-14H3;2*7-10,15-16H,1-6H3;1-6,9,11H;1-8H3;1H,2H3. The number of terminal acetylenes is 1. The molecule has 2 aliphatic carbocycles. The summed E-state index contributed by atoms with van der Waals surface area (Å²) in [5.74, 6) is 23.1. The summed E-state index contributed by atoms with van der Waals surface area (Å²) in [7, 11) is -11.2. The first kappa shape index (κ1) is 113. The van der Waals surface area contributed by atoms with Crippen molar-refractivity contribution in [2.75, 3.05) is 0 Å². The number of hydrogen-bond acceptors (Lipinski definition) is 10. The van der Waals surface area contributed by atoms with E-state index in [1.807, 2.05) is 67.5 Å². The first-order chi connectivity index (χ1) is 63.8. The third-order valence-electron chi connectivity index (χ3n) is 25.7. The van der Waals surface area contributed by atoms with Crippen LogP contribution in [0.3, 0.4) is 0 Å². The Kier molecular flexibility index (Phi) is 34.3. The van der Waals surface area contributed by atoms with E-state index >= 15 is 0 Å². The van der Waals surface area contributed by atoms with E-state index < -0.39 is 99.1 Å². The molecule has 10 aromatic carbocycles. The minimum atomic E-state index is -1.68. The lowest BCUT2D eigenvalue weighted by atomic mass is 9.49. The van der Waals surface area contributed by atoms with E-state index in [0.717, 1.165) is 92.7 Å². The molecule has 0 radical (unpaired) electrons. The number of benzene rings is 10. The van der Waals surface area contributed by atoms with Crippen LogP contribution in [0.4, 0.5) is 0 Å². The van der Waals surface area contributed by atoms with Gasteiger partial charge in [-0.2, -0.15) is 0 Å². The molecule has 0 aromatic heterocycles. The summed E-state index contributed by atoms with van der Waals surface area (Å²) in [6.45, 7) is 75.7. The fraction of sp³-hybridized carbons (Fsp3) is 0.398. The molecule has 2 atom stereocenters. The summed E-state index contributed by atoms with van der Waals surface area (Å²) in [6.07, 6.45) is 10.0. The number of carbonyl (C=O) groups is 2. The van der Waals surface area contributed by atoms with Crippen molar-refractivity contribution < 1.29 is 46.8 Å². The Labute approximate surface area is 887 Å². The van der Waals surface area contributed by atoms with E-state index in [0.29, 0.717) is 11.1 Å². The van der Waals surface area contributed by atoms with Crippen LogP contribution in [0, 0.1) is 93.0 Å². The Hall–Kier alpha value is -6.38. The smallest absolute Gasteiger partial charge is 0.405 e. The van der Waals surface area contributed by atoms with Crippen LogP contribution >= 0.6 is 95.6 Å². The predicted molar refractivity (Wildman–Crippen MR) is 631 cm³/mol. The lowest BCUT2D eigenvalue weighted by Gasteiger charge is -2.32. The maximum absolute atomic E-state index is 12.4. The number of halogens is 6. The average molecular weight is 2340 g/mol. The third kappa shape index (κ3) is 27.1. The number of fused-ring (bicyclic) bond motifs is 8. The van der Waals surface area contributed by atoms with Gasteiger partial charge in [0.25, 0.3) is 0 Å². The molecule has 6 aliphatic rings. The maximum Gasteiger partial charge on any atom is 0.494 e. The molecule has 0 bridgehead atoms. The minimum absolute atomic E-state index is 0.0170. The second kappa shape index (κ2) is 42.2. The Morgan fingerprint density at radius 3 is 0.734 bits per heavy atom. The van der Waals surface area contributed by atoms with Gasteiger partial charge in [-0.15, -0.1) is 45.6 Å². The fourth-order valence-corrected chi connectivity index (χ4v) is 20.8. The number of rotatable bonds is 3. The topological polar surface area (TPSA) is 108 Å². The van der Waals surface area contributed by atoms with Gasteiger partial charge in [0.05, 0.1) is 56.6 Å². The van der Waals surface area contributed by atoms with Crippen molar-refractivity contribution >= 4 is 259 Å². The number of carbonyl (C=O) groups excluding carboxylic acids is 2. The predicted octanol–water partition coefficient (Wildman–Crippen LogP) is 29.8. The summed E-state index contributed by atoms with van der Waals surface area (Å²) in [5, 5.41) is 13.8. The molecular formula is C113H132B4Br6O10Si6. The monoisotopic (exact) mass is 2330 g/mol. The highest BCUT2D eigenvalue weighted by molar-refractivity contribution is 9.12. The summed E-state index contributed by atoms with van der Waals surface area (Å²) >= 11 is 21.3. The van der Waals surface area contributed by atoms with Gasteiger partial charge in [0.1, 0.15) is 48.4 Å². The highest BCUT2D eigenvalue weighted by Gasteiger charge is 2.64. The highest BCUT2D eigenvalue weighted by atomic mass is 79.9. The Balaban J connectivity index is 0.000000172. The first-order valence-electron chi connectivity index (χ1n) is 47.4. The van der Waals surface area contributed by atoms with Crippen LogP contribution < -0.4 is 10.9 Å². The van der Waals surface area contributed by atoms with Gasteiger partial charge in [-0.1, -0.05) is 328 Å². The van der Waals surface area contributed by atoms with Gasteiger partial charge in [-0.3, -0.25) is 9.59 Å². The Morgan fingerprint density at radius 1 is 0.281 bits per heavy atom. The van der Waals surface area contributed by atoms with E-state index in [9.17, 15) is 9.59 Å². The van der Waals surface area contributed by atoms with Crippen molar-refractivity contribution in [3.05, 3.63) is 217 Å². The fourth-order valence-electron chi connectivity index (χ4n) is 15.6. The maximum atomic E-state index is 12.4. The highest BCUT2D eigenvalue weighted by Crippen LogP contribution is 2.47. The quantitative estimate of drug-likeness (QED) is 0.0964. The van der Waals surface area contributed by atoms with Crippen molar-refractivity contribution in [2.24, 2.45) is 11.8 Å². The molecule has 4 aliphatic heterocycles. The Morgan fingerprint density at radius 2 is 0.489 bits per heavy atom. The van der Waals surface area contributed by atoms with Crippen molar-refractivity contribution in [1.82, 2.24) is 0 Å². The number of Topliss-reactive ketones (excluding diaryl/α,β-unsaturated/α-hetero) is 2. The molecule has 4 fully saturated rings. The molecule has 0 amide bonds. The lowest BCUT2D eigenvalue weighted by molar-refractivity contribution is 0.00578. The summed E-state index contributed by atoms with van der Waals surface area (Å²) in [6, 6.07) is 44.1. The zero-order valence-corrected chi connectivity index (χ0v) is 103. The molecule has 722 valence electrons. The van der Waals surface area contributed by atoms with E-state index in [4.69, 9.17) is 37.2 Å². The van der Waals surface area contributed by atoms with Gasteiger partial charge in [0, 0.05) is 92.9 Å². The van der Waals surface area contributed by atoms with Crippen molar-refractivity contribution in [3.63, 3.8) is 0 Å². The van der Waals surface area contributed by atoms with Gasteiger partial charge in [-0.05, 0) is 238 Å². The molecule has 0 N–H and O–H groups in total. The zero-order chi connectivity index (χ0) is 104. The molecule has 4 saturated heterocycles. The average Bonchev–Trinajstić information content (AvgIpc) is 0.828. The summed E-state index contributed by atoms with van der Waals surface area (Å²) < 4.78 is 55.7. The largest absolute Gasteiger partial charge is 0.494 e. The molecule has 26 heteroatoms. The van der Waals surface area contributed by atoms with E-state index in [1.54, 1.807) is 31.2 Å². The van der Waals surface area contributed by atoms with E-state index in [-0.39, 0.29) is 45.8 Å². The van der Waals surface area contributed by atoms with Crippen LogP contribution in [0.2, 0.25) is 118 Å². The van der Waals surface area contributed by atoms with Gasteiger partial charge in [0.2, 0.25) is 0 Å². The van der Waals surface area contributed by atoms with Crippen LogP contribution in [0.15, 0.2) is 172 Å². The van der Waals surface area contributed by atoms with Crippen LogP contribution in [0.25, 0.3) is 64.6 Å². The van der Waals surface area contributed by atoms with Gasteiger partial charge < -0.3 is 37.2 Å². The van der Waals surface area contributed by atoms with E-state index in [2.05, 4.69) is 459 Å². The van der Waals surface area contributed by atoms with Crippen LogP contribution in [-0.2, 0) is 37.2 Å². The molecule has 2 unspecified atom stereocenters. The molecule has 139 heavy (non-hydrogen) atoms. The molecule has 0 saturated carbocycles. The third-order valence-corrected chi connectivity index (χ3v) is 34.0. The van der Waals surface area contributed by atoms with Crippen molar-refractivity contribution in [2.45, 2.75) is 280 Å². The number of hydrogen-bond donors (Lipinski definition) is 0. The van der Waals surface area contributed by atoms with Crippen LogP contribution in [0.1, 0.15) is 172 Å². The molecular weight excluding hydrogens is 2210 g/mol. The number of allylic oxidation sites excluding steroid dienone is 4. The summed E-state index contributed by atoms with van der Waals surface area (Å²) in [4.78, 5) is 24.8. The lowest BCUT2D eigenvalue weighted by Crippen LogP contribution is -2.41. The number of ketones is 2. The molecule has 10 nitrogen and oxygen atoms in total. The van der Waals surface area contributed by atoms with E-state index in [1.165, 1.54) is 43.1 Å². The van der Waals surface area contributed by atoms with Crippen LogP contribution in [0.5, 0.6) is 0 Å². The second-order valence-corrected chi connectivity index (χ2v) is 80.7. The normalized spacial score (nSPS) is 18.7. The zero-order valence-electron chi connectivity index (χ0n) is 87.7. The van der Waals surface area contributed by atoms with Gasteiger partial charge >= 0.3 is 28.3 Å². The van der Waals surface area contributed by atoms with Crippen LogP contribution in [-0.4, -0.2) is 133 Å². The molecule has 0 spiro atoms. The molecule has 4 heterocycles. The molecule has 10 aromatic rings. The van der Waals surface area contributed by atoms with Gasteiger partial charge in [0.15, 0.2) is 11.6 Å². The summed E-state index contributed by atoms with van der Waals surface area (Å²) in [5.41, 5.74) is 28.0. The SMILES string of the molecule is C#CC.CC1(C)OB(B2OC(C)(C)C(C)(C)O2)OC1(C)C.CC1(C)OB(c2ccc3c(C#C[Si](C)(C)C)c4cc(B5OC(C)(C)C(C)(C)O5)ccc4c(C#C[Si](C)(C)C)c3c2)OC1(C)C.C[Si](C)(C)C#Cc1c2ccc(Br)cc2c(C#C[Si](C)(C)C)c2ccc(Br)cc12.C[Si](C)(C)C#Cc1c2ccc(Br)cc2c(C#C[Si](C)(C)C)c2ccc(Br)cc12.O=C1c2ccc(Br)cc2C(=O)C2C=CC(Br)=CC12.